The van der Waals surface area contributed by atoms with Crippen LogP contribution in [0.1, 0.15) is 18.1 Å². The summed E-state index contributed by atoms with van der Waals surface area (Å²) in [6.07, 6.45) is 0.902. The van der Waals surface area contributed by atoms with E-state index in [-0.39, 0.29) is 17.5 Å². The van der Waals surface area contributed by atoms with Crippen molar-refractivity contribution in [3.63, 3.8) is 0 Å². The maximum Gasteiger partial charge on any atom is 0.137 e. The molecule has 1 aromatic heterocycles. The number of halogens is 2. The smallest absolute Gasteiger partial charge is 0.137 e. The van der Waals surface area contributed by atoms with E-state index in [2.05, 4.69) is 0 Å². The fraction of sp³-hybridized carbons (Fsp3) is 0.231. The Morgan fingerprint density at radius 2 is 1.94 bits per heavy atom. The van der Waals surface area contributed by atoms with Crippen LogP contribution in [0.4, 0.5) is 8.78 Å². The quantitative estimate of drug-likeness (QED) is 0.868. The molecule has 0 radical (unpaired) electrons. The molecule has 2 aromatic rings. The van der Waals surface area contributed by atoms with Crippen molar-refractivity contribution in [2.24, 2.45) is 5.73 Å². The molecule has 3 rings (SSSR count). The summed E-state index contributed by atoms with van der Waals surface area (Å²) in [4.78, 5) is 0. The second-order valence-electron chi connectivity index (χ2n) is 4.33. The Labute approximate surface area is 97.0 Å². The van der Waals surface area contributed by atoms with Crippen LogP contribution in [-0.2, 0) is 0 Å². The highest BCUT2D eigenvalue weighted by Crippen LogP contribution is 2.41. The highest BCUT2D eigenvalue weighted by Gasteiger charge is 2.37. The summed E-state index contributed by atoms with van der Waals surface area (Å²) < 4.78 is 31.8. The zero-order chi connectivity index (χ0) is 12.0. The average molecular weight is 235 g/mol. The zero-order valence-electron chi connectivity index (χ0n) is 8.99. The van der Waals surface area contributed by atoms with Gasteiger partial charge in [-0.2, -0.15) is 0 Å². The SMILES string of the molecule is N[C@@H]1C[C@H]1c1ccc(-c2ccc(F)cc2F)o1. The van der Waals surface area contributed by atoms with Crippen LogP contribution in [0.15, 0.2) is 34.7 Å². The van der Waals surface area contributed by atoms with Crippen LogP contribution < -0.4 is 5.73 Å². The number of furan rings is 1. The summed E-state index contributed by atoms with van der Waals surface area (Å²) in [5.74, 6) is 0.216. The van der Waals surface area contributed by atoms with Gasteiger partial charge in [-0.15, -0.1) is 0 Å². The summed E-state index contributed by atoms with van der Waals surface area (Å²) in [6.45, 7) is 0. The third kappa shape index (κ3) is 1.85. The molecule has 88 valence electrons. The predicted molar refractivity (Wildman–Crippen MR) is 59.4 cm³/mol. The molecule has 1 aliphatic rings. The van der Waals surface area contributed by atoms with Gasteiger partial charge in [0.05, 0.1) is 5.56 Å². The lowest BCUT2D eigenvalue weighted by molar-refractivity contribution is 0.515. The summed E-state index contributed by atoms with van der Waals surface area (Å²) in [7, 11) is 0. The van der Waals surface area contributed by atoms with Gasteiger partial charge in [0, 0.05) is 18.0 Å². The molecule has 0 amide bonds. The van der Waals surface area contributed by atoms with Crippen LogP contribution in [-0.4, -0.2) is 6.04 Å². The third-order valence-electron chi connectivity index (χ3n) is 3.03. The van der Waals surface area contributed by atoms with Gasteiger partial charge in [0.15, 0.2) is 0 Å². The minimum Gasteiger partial charge on any atom is -0.461 e. The minimum atomic E-state index is -0.619. The zero-order valence-corrected chi connectivity index (χ0v) is 8.99. The monoisotopic (exact) mass is 235 g/mol. The number of benzene rings is 1. The van der Waals surface area contributed by atoms with E-state index in [4.69, 9.17) is 10.2 Å². The largest absolute Gasteiger partial charge is 0.461 e. The fourth-order valence-corrected chi connectivity index (χ4v) is 1.93. The Morgan fingerprint density at radius 3 is 2.59 bits per heavy atom. The number of hydrogen-bond donors (Lipinski definition) is 1. The molecule has 0 bridgehead atoms. The topological polar surface area (TPSA) is 39.2 Å². The van der Waals surface area contributed by atoms with E-state index in [1.165, 1.54) is 12.1 Å². The molecule has 1 saturated carbocycles. The first-order chi connectivity index (χ1) is 8.15. The summed E-state index contributed by atoms with van der Waals surface area (Å²) >= 11 is 0. The second-order valence-corrected chi connectivity index (χ2v) is 4.33. The van der Waals surface area contributed by atoms with Gasteiger partial charge in [-0.05, 0) is 30.7 Å². The first kappa shape index (κ1) is 10.5. The third-order valence-corrected chi connectivity index (χ3v) is 3.03. The van der Waals surface area contributed by atoms with Crippen molar-refractivity contribution in [3.05, 3.63) is 47.7 Å². The molecule has 17 heavy (non-hydrogen) atoms. The molecule has 1 aromatic carbocycles. The van der Waals surface area contributed by atoms with E-state index in [0.717, 1.165) is 18.2 Å². The number of hydrogen-bond acceptors (Lipinski definition) is 2. The minimum absolute atomic E-state index is 0.145. The van der Waals surface area contributed by atoms with E-state index in [0.29, 0.717) is 5.76 Å². The Bertz CT molecular complexity index is 564. The van der Waals surface area contributed by atoms with Crippen molar-refractivity contribution in [3.8, 4) is 11.3 Å². The molecule has 0 spiro atoms. The van der Waals surface area contributed by atoms with Crippen LogP contribution in [0.25, 0.3) is 11.3 Å². The van der Waals surface area contributed by atoms with Crippen LogP contribution in [0, 0.1) is 11.6 Å². The molecular weight excluding hydrogens is 224 g/mol. The Kier molecular flexibility index (Phi) is 2.26. The molecule has 4 heteroatoms. The van der Waals surface area contributed by atoms with E-state index in [9.17, 15) is 8.78 Å². The predicted octanol–water partition coefficient (Wildman–Crippen LogP) is 3.04. The van der Waals surface area contributed by atoms with Gasteiger partial charge in [0.25, 0.3) is 0 Å². The lowest BCUT2D eigenvalue weighted by Crippen LogP contribution is -2.00. The molecular formula is C13H11F2NO. The van der Waals surface area contributed by atoms with Gasteiger partial charge in [0.2, 0.25) is 0 Å². The highest BCUT2D eigenvalue weighted by atomic mass is 19.1. The number of rotatable bonds is 2. The molecule has 0 aliphatic heterocycles. The van der Waals surface area contributed by atoms with Crippen molar-refractivity contribution in [2.75, 3.05) is 0 Å². The maximum absolute atomic E-state index is 13.5. The van der Waals surface area contributed by atoms with Gasteiger partial charge in [0.1, 0.15) is 23.2 Å². The highest BCUT2D eigenvalue weighted by molar-refractivity contribution is 5.58. The molecule has 2 atom stereocenters. The van der Waals surface area contributed by atoms with Crippen molar-refractivity contribution in [2.45, 2.75) is 18.4 Å². The van der Waals surface area contributed by atoms with E-state index >= 15 is 0 Å². The van der Waals surface area contributed by atoms with Crippen molar-refractivity contribution in [1.29, 1.82) is 0 Å². The van der Waals surface area contributed by atoms with Crippen LogP contribution in [0.3, 0.4) is 0 Å². The maximum atomic E-state index is 13.5. The molecule has 0 unspecified atom stereocenters. The molecule has 2 N–H and O–H groups in total. The van der Waals surface area contributed by atoms with Gasteiger partial charge in [-0.3, -0.25) is 0 Å². The van der Waals surface area contributed by atoms with E-state index in [1.54, 1.807) is 12.1 Å². The van der Waals surface area contributed by atoms with Gasteiger partial charge in [-0.1, -0.05) is 0 Å². The van der Waals surface area contributed by atoms with Crippen molar-refractivity contribution >= 4 is 0 Å². The van der Waals surface area contributed by atoms with Crippen molar-refractivity contribution in [1.82, 2.24) is 0 Å². The standard InChI is InChI=1S/C13H11F2NO/c14-7-1-2-8(10(15)5-7)12-3-4-13(17-12)9-6-11(9)16/h1-5,9,11H,6,16H2/t9-,11-/m1/s1. The summed E-state index contributed by atoms with van der Waals surface area (Å²) in [6, 6.07) is 7.07. The fourth-order valence-electron chi connectivity index (χ4n) is 1.93. The Balaban J connectivity index is 1.95. The Morgan fingerprint density at radius 1 is 1.18 bits per heavy atom. The average Bonchev–Trinajstić information content (AvgIpc) is 2.83. The van der Waals surface area contributed by atoms with Gasteiger partial charge in [-0.25, -0.2) is 8.78 Å². The van der Waals surface area contributed by atoms with E-state index < -0.39 is 11.6 Å². The van der Waals surface area contributed by atoms with E-state index in [1.807, 2.05) is 0 Å². The summed E-state index contributed by atoms with van der Waals surface area (Å²) in [5, 5.41) is 0. The first-order valence-corrected chi connectivity index (χ1v) is 5.46. The van der Waals surface area contributed by atoms with Gasteiger partial charge >= 0.3 is 0 Å². The molecule has 0 saturated heterocycles. The second kappa shape index (κ2) is 3.67. The lowest BCUT2D eigenvalue weighted by Gasteiger charge is -1.99. The van der Waals surface area contributed by atoms with Crippen LogP contribution in [0.2, 0.25) is 0 Å². The summed E-state index contributed by atoms with van der Waals surface area (Å²) in [5.41, 5.74) is 5.98. The molecule has 1 heterocycles. The Hall–Kier alpha value is -1.68. The molecule has 1 aliphatic carbocycles. The number of nitrogens with two attached hydrogens (primary N) is 1. The molecule has 2 nitrogen and oxygen atoms in total. The van der Waals surface area contributed by atoms with Crippen LogP contribution >= 0.6 is 0 Å². The lowest BCUT2D eigenvalue weighted by atomic mass is 10.1. The van der Waals surface area contributed by atoms with Crippen molar-refractivity contribution < 1.29 is 13.2 Å². The van der Waals surface area contributed by atoms with Crippen LogP contribution in [0.5, 0.6) is 0 Å². The normalized spacial score (nSPS) is 22.8. The molecule has 1 fully saturated rings. The first-order valence-electron chi connectivity index (χ1n) is 5.46. The van der Waals surface area contributed by atoms with Gasteiger partial charge < -0.3 is 10.2 Å².